The Morgan fingerprint density at radius 1 is 1.13 bits per heavy atom. The number of amides is 4. The van der Waals surface area contributed by atoms with Gasteiger partial charge in [-0.15, -0.1) is 0 Å². The van der Waals surface area contributed by atoms with Gasteiger partial charge < -0.3 is 15.8 Å². The van der Waals surface area contributed by atoms with Crippen LogP contribution in [-0.4, -0.2) is 41.0 Å². The SMILES string of the molecule is NC(=O)COc1ccccc1/C=C1/SC(=O)N(CC(=O)Nc2ccc(Cl)cc2)C1=O. The Morgan fingerprint density at radius 3 is 2.53 bits per heavy atom. The molecular formula is C20H16ClN3O5S. The summed E-state index contributed by atoms with van der Waals surface area (Å²) >= 11 is 6.52. The summed E-state index contributed by atoms with van der Waals surface area (Å²) < 4.78 is 5.33. The molecule has 1 aliphatic heterocycles. The number of hydrogen-bond acceptors (Lipinski definition) is 6. The number of imide groups is 1. The number of para-hydroxylation sites is 1. The summed E-state index contributed by atoms with van der Waals surface area (Å²) in [7, 11) is 0. The number of rotatable bonds is 7. The summed E-state index contributed by atoms with van der Waals surface area (Å²) in [6.07, 6.45) is 1.47. The number of halogens is 1. The van der Waals surface area contributed by atoms with E-state index >= 15 is 0 Å². The summed E-state index contributed by atoms with van der Waals surface area (Å²) in [5, 5.41) is 2.56. The maximum Gasteiger partial charge on any atom is 0.294 e. The first kappa shape index (κ1) is 21.4. The molecule has 4 amide bonds. The van der Waals surface area contributed by atoms with E-state index in [-0.39, 0.29) is 11.5 Å². The molecule has 0 aliphatic carbocycles. The fourth-order valence-electron chi connectivity index (χ4n) is 2.53. The molecule has 2 aromatic rings. The number of ether oxygens (including phenoxy) is 1. The minimum absolute atomic E-state index is 0.134. The summed E-state index contributed by atoms with van der Waals surface area (Å²) in [6, 6.07) is 13.1. The maximum absolute atomic E-state index is 12.6. The molecule has 1 saturated heterocycles. The van der Waals surface area contributed by atoms with Crippen LogP contribution < -0.4 is 15.8 Å². The van der Waals surface area contributed by atoms with Crippen molar-refractivity contribution in [3.05, 3.63) is 64.0 Å². The number of anilines is 1. The van der Waals surface area contributed by atoms with E-state index in [0.29, 0.717) is 33.8 Å². The van der Waals surface area contributed by atoms with Gasteiger partial charge in [0, 0.05) is 16.3 Å². The standard InChI is InChI=1S/C20H16ClN3O5S/c21-13-5-7-14(8-6-13)23-18(26)10-24-19(27)16(30-20(24)28)9-12-3-1-2-4-15(12)29-11-17(22)25/h1-9H,10-11H2,(H2,22,25)(H,23,26)/b16-9+. The van der Waals surface area contributed by atoms with E-state index in [1.165, 1.54) is 6.08 Å². The number of nitrogens with two attached hydrogens (primary N) is 1. The topological polar surface area (TPSA) is 119 Å². The molecule has 8 nitrogen and oxygen atoms in total. The van der Waals surface area contributed by atoms with Crippen LogP contribution in [-0.2, 0) is 14.4 Å². The van der Waals surface area contributed by atoms with Gasteiger partial charge in [-0.3, -0.25) is 24.1 Å². The highest BCUT2D eigenvalue weighted by atomic mass is 35.5. The van der Waals surface area contributed by atoms with E-state index < -0.39 is 29.5 Å². The zero-order valence-electron chi connectivity index (χ0n) is 15.5. The Labute approximate surface area is 181 Å². The van der Waals surface area contributed by atoms with E-state index in [2.05, 4.69) is 5.32 Å². The van der Waals surface area contributed by atoms with E-state index in [1.807, 2.05) is 0 Å². The van der Waals surface area contributed by atoms with Crippen LogP contribution in [0.4, 0.5) is 10.5 Å². The van der Waals surface area contributed by atoms with Crippen LogP contribution in [0.1, 0.15) is 5.56 Å². The lowest BCUT2D eigenvalue weighted by atomic mass is 10.2. The Hall–Kier alpha value is -3.30. The van der Waals surface area contributed by atoms with Gasteiger partial charge in [-0.05, 0) is 48.2 Å². The van der Waals surface area contributed by atoms with Crippen molar-refractivity contribution in [1.29, 1.82) is 0 Å². The highest BCUT2D eigenvalue weighted by Crippen LogP contribution is 2.33. The van der Waals surface area contributed by atoms with E-state index in [4.69, 9.17) is 22.1 Å². The normalized spacial score (nSPS) is 14.8. The fourth-order valence-corrected chi connectivity index (χ4v) is 3.49. The zero-order valence-corrected chi connectivity index (χ0v) is 17.0. The number of nitrogens with zero attached hydrogens (tertiary/aromatic N) is 1. The predicted octanol–water partition coefficient (Wildman–Crippen LogP) is 2.88. The van der Waals surface area contributed by atoms with Gasteiger partial charge in [-0.2, -0.15) is 0 Å². The van der Waals surface area contributed by atoms with Crippen molar-refractivity contribution in [3.8, 4) is 5.75 Å². The predicted molar refractivity (Wildman–Crippen MR) is 114 cm³/mol. The van der Waals surface area contributed by atoms with Crippen molar-refractivity contribution in [2.45, 2.75) is 0 Å². The van der Waals surface area contributed by atoms with Gasteiger partial charge in [0.1, 0.15) is 12.3 Å². The monoisotopic (exact) mass is 445 g/mol. The number of carbonyl (C=O) groups excluding carboxylic acids is 4. The summed E-state index contributed by atoms with van der Waals surface area (Å²) in [4.78, 5) is 49.1. The Morgan fingerprint density at radius 2 is 1.83 bits per heavy atom. The number of thioether (sulfide) groups is 1. The number of nitrogens with one attached hydrogen (secondary N) is 1. The summed E-state index contributed by atoms with van der Waals surface area (Å²) in [5.41, 5.74) is 6.08. The molecule has 1 heterocycles. The maximum atomic E-state index is 12.6. The van der Waals surface area contributed by atoms with Gasteiger partial charge in [-0.1, -0.05) is 29.8 Å². The fraction of sp³-hybridized carbons (Fsp3) is 0.100. The summed E-state index contributed by atoms with van der Waals surface area (Å²) in [5.74, 6) is -1.42. The van der Waals surface area contributed by atoms with Gasteiger partial charge >= 0.3 is 0 Å². The molecule has 0 atom stereocenters. The van der Waals surface area contributed by atoms with Crippen LogP contribution in [0.25, 0.3) is 6.08 Å². The summed E-state index contributed by atoms with van der Waals surface area (Å²) in [6.45, 7) is -0.748. The Kier molecular flexibility index (Phi) is 6.76. The van der Waals surface area contributed by atoms with Crippen molar-refractivity contribution >= 4 is 58.1 Å². The van der Waals surface area contributed by atoms with Crippen LogP contribution >= 0.6 is 23.4 Å². The van der Waals surface area contributed by atoms with Gasteiger partial charge in [0.25, 0.3) is 17.1 Å². The van der Waals surface area contributed by atoms with Crippen LogP contribution in [0.5, 0.6) is 5.75 Å². The second-order valence-corrected chi connectivity index (χ2v) is 7.55. The average molecular weight is 446 g/mol. The average Bonchev–Trinajstić information content (AvgIpc) is 2.96. The van der Waals surface area contributed by atoms with Crippen LogP contribution in [0.15, 0.2) is 53.4 Å². The smallest absolute Gasteiger partial charge is 0.294 e. The molecule has 1 fully saturated rings. The third-order valence-corrected chi connectivity index (χ3v) is 5.04. The van der Waals surface area contributed by atoms with Crippen molar-refractivity contribution in [3.63, 3.8) is 0 Å². The van der Waals surface area contributed by atoms with Crippen LogP contribution in [0.2, 0.25) is 5.02 Å². The molecule has 10 heteroatoms. The van der Waals surface area contributed by atoms with Gasteiger partial charge in [0.15, 0.2) is 6.61 Å². The molecular weight excluding hydrogens is 430 g/mol. The second-order valence-electron chi connectivity index (χ2n) is 6.12. The van der Waals surface area contributed by atoms with Gasteiger partial charge in [0.2, 0.25) is 5.91 Å². The molecule has 30 heavy (non-hydrogen) atoms. The molecule has 3 N–H and O–H groups in total. The van der Waals surface area contributed by atoms with Crippen LogP contribution in [0, 0.1) is 0 Å². The second kappa shape index (κ2) is 9.47. The highest BCUT2D eigenvalue weighted by molar-refractivity contribution is 8.18. The van der Waals surface area contributed by atoms with Gasteiger partial charge in [0.05, 0.1) is 4.91 Å². The first-order chi connectivity index (χ1) is 14.3. The molecule has 3 rings (SSSR count). The van der Waals surface area contributed by atoms with Crippen LogP contribution in [0.3, 0.4) is 0 Å². The molecule has 0 radical (unpaired) electrons. The number of benzene rings is 2. The molecule has 0 bridgehead atoms. The number of primary amides is 1. The minimum Gasteiger partial charge on any atom is -0.483 e. The molecule has 1 aliphatic rings. The highest BCUT2D eigenvalue weighted by Gasteiger charge is 2.36. The Balaban J connectivity index is 1.71. The third kappa shape index (κ3) is 5.40. The van der Waals surface area contributed by atoms with E-state index in [0.717, 1.165) is 4.90 Å². The lowest BCUT2D eigenvalue weighted by Gasteiger charge is -2.12. The molecule has 2 aromatic carbocycles. The van der Waals surface area contributed by atoms with E-state index in [9.17, 15) is 19.2 Å². The number of carbonyl (C=O) groups is 4. The molecule has 0 aromatic heterocycles. The van der Waals surface area contributed by atoms with Gasteiger partial charge in [-0.25, -0.2) is 0 Å². The first-order valence-electron chi connectivity index (χ1n) is 8.64. The quantitative estimate of drug-likeness (QED) is 0.632. The minimum atomic E-state index is -0.642. The first-order valence-corrected chi connectivity index (χ1v) is 9.84. The molecule has 0 unspecified atom stereocenters. The molecule has 0 spiro atoms. The number of hydrogen-bond donors (Lipinski definition) is 2. The Bertz CT molecular complexity index is 1040. The van der Waals surface area contributed by atoms with Crippen molar-refractivity contribution in [2.75, 3.05) is 18.5 Å². The lowest BCUT2D eigenvalue weighted by molar-refractivity contribution is -0.127. The van der Waals surface area contributed by atoms with Crippen molar-refractivity contribution in [1.82, 2.24) is 4.90 Å². The van der Waals surface area contributed by atoms with Crippen molar-refractivity contribution in [2.24, 2.45) is 5.73 Å². The third-order valence-electron chi connectivity index (χ3n) is 3.88. The molecule has 0 saturated carbocycles. The van der Waals surface area contributed by atoms with Crippen molar-refractivity contribution < 1.29 is 23.9 Å². The largest absolute Gasteiger partial charge is 0.483 e. The molecule has 154 valence electrons. The zero-order chi connectivity index (χ0) is 21.7. The lowest BCUT2D eigenvalue weighted by Crippen LogP contribution is -2.36. The van der Waals surface area contributed by atoms with E-state index in [1.54, 1.807) is 48.5 Å².